The summed E-state index contributed by atoms with van der Waals surface area (Å²) in [6.45, 7) is 0. The lowest BCUT2D eigenvalue weighted by molar-refractivity contribution is 0.152. The Kier molecular flexibility index (Phi) is 3.37. The molecule has 1 unspecified atom stereocenters. The van der Waals surface area contributed by atoms with Gasteiger partial charge in [0.25, 0.3) is 0 Å². The number of para-hydroxylation sites is 4. The number of fused-ring (bicyclic) bond motifs is 7. The lowest BCUT2D eigenvalue weighted by atomic mass is 9.93. The Morgan fingerprint density at radius 3 is 2.03 bits per heavy atom. The summed E-state index contributed by atoms with van der Waals surface area (Å²) in [5.74, 6) is 0.811. The van der Waals surface area contributed by atoms with Crippen molar-refractivity contribution >= 4 is 43.6 Å². The van der Waals surface area contributed by atoms with Crippen LogP contribution in [-0.4, -0.2) is 19.2 Å². The van der Waals surface area contributed by atoms with Gasteiger partial charge in [0, 0.05) is 32.7 Å². The molecule has 0 amide bonds. The van der Waals surface area contributed by atoms with E-state index in [1.54, 1.807) is 0 Å². The van der Waals surface area contributed by atoms with Crippen LogP contribution in [0.25, 0.3) is 60.7 Å². The molecule has 3 heterocycles. The van der Waals surface area contributed by atoms with Crippen LogP contribution in [0.1, 0.15) is 11.8 Å². The molecule has 5 aromatic carbocycles. The summed E-state index contributed by atoms with van der Waals surface area (Å²) in [6.07, 6.45) is -0.785. The molecule has 34 heavy (non-hydrogen) atoms. The highest BCUT2D eigenvalue weighted by Gasteiger charge is 2.29. The Labute approximate surface area is 194 Å². The highest BCUT2D eigenvalue weighted by Crippen LogP contribution is 2.45. The van der Waals surface area contributed by atoms with E-state index in [0.29, 0.717) is 0 Å². The van der Waals surface area contributed by atoms with E-state index >= 15 is 0 Å². The predicted molar refractivity (Wildman–Crippen MR) is 137 cm³/mol. The molecule has 0 spiro atoms. The minimum Gasteiger partial charge on any atom is -0.369 e. The van der Waals surface area contributed by atoms with Crippen LogP contribution in [0, 0.1) is 0 Å². The van der Waals surface area contributed by atoms with Gasteiger partial charge in [0.1, 0.15) is 5.82 Å². The van der Waals surface area contributed by atoms with Gasteiger partial charge in [-0.1, -0.05) is 66.7 Å². The van der Waals surface area contributed by atoms with Crippen LogP contribution < -0.4 is 0 Å². The molecule has 1 aliphatic rings. The maximum absolute atomic E-state index is 11.5. The molecule has 1 aliphatic heterocycles. The molecule has 4 nitrogen and oxygen atoms in total. The Balaban J connectivity index is 1.52. The number of aliphatic hydroxyl groups is 1. The van der Waals surface area contributed by atoms with Crippen molar-refractivity contribution in [3.63, 3.8) is 0 Å². The smallest absolute Gasteiger partial charge is 0.159 e. The van der Waals surface area contributed by atoms with E-state index in [-0.39, 0.29) is 0 Å². The summed E-state index contributed by atoms with van der Waals surface area (Å²) in [5, 5.41) is 16.1. The SMILES string of the molecule is OC1c2cccc3c(-n4c5ccccc5c5ccccc54)ccc(c23)-c2nc3ccccc3n21. The molecule has 2 aromatic heterocycles. The second kappa shape index (κ2) is 6.34. The lowest BCUT2D eigenvalue weighted by Gasteiger charge is -2.26. The van der Waals surface area contributed by atoms with Gasteiger partial charge in [-0.3, -0.25) is 4.57 Å². The fourth-order valence-electron chi connectivity index (χ4n) is 5.82. The van der Waals surface area contributed by atoms with Crippen LogP contribution >= 0.6 is 0 Å². The molecular weight excluding hydrogens is 418 g/mol. The second-order valence-corrected chi connectivity index (χ2v) is 8.94. The molecule has 0 bridgehead atoms. The van der Waals surface area contributed by atoms with Gasteiger partial charge in [-0.2, -0.15) is 0 Å². The van der Waals surface area contributed by atoms with Crippen molar-refractivity contribution < 1.29 is 5.11 Å². The summed E-state index contributed by atoms with van der Waals surface area (Å²) in [6, 6.07) is 35.7. The van der Waals surface area contributed by atoms with Crippen molar-refractivity contribution in [2.24, 2.45) is 0 Å². The van der Waals surface area contributed by atoms with Gasteiger partial charge in [-0.05, 0) is 36.4 Å². The van der Waals surface area contributed by atoms with Crippen molar-refractivity contribution in [1.29, 1.82) is 0 Å². The topological polar surface area (TPSA) is 43.0 Å². The number of rotatable bonds is 1. The number of hydrogen-bond acceptors (Lipinski definition) is 2. The van der Waals surface area contributed by atoms with Crippen molar-refractivity contribution in [1.82, 2.24) is 14.1 Å². The standard InChI is InChI=1S/C30H19N3O/c34-30-22-11-7-10-20-26(32-24-13-4-1-8-18(24)19-9-2-5-14-25(19)32)17-16-21(28(20)22)29-31-23-12-3-6-15-27(23)33(29)30/h1-17,30,34H. The summed E-state index contributed by atoms with van der Waals surface area (Å²) in [5.41, 5.74) is 7.25. The largest absolute Gasteiger partial charge is 0.369 e. The predicted octanol–water partition coefficient (Wildman–Crippen LogP) is 6.81. The maximum atomic E-state index is 11.5. The summed E-state index contributed by atoms with van der Waals surface area (Å²) in [7, 11) is 0. The number of aromatic nitrogens is 3. The molecule has 4 heteroatoms. The summed E-state index contributed by atoms with van der Waals surface area (Å²) >= 11 is 0. The fraction of sp³-hybridized carbons (Fsp3) is 0.0333. The van der Waals surface area contributed by atoms with Crippen molar-refractivity contribution in [2.75, 3.05) is 0 Å². The Hall–Kier alpha value is -4.41. The van der Waals surface area contributed by atoms with Crippen LogP contribution in [-0.2, 0) is 0 Å². The highest BCUT2D eigenvalue weighted by atomic mass is 16.3. The Morgan fingerprint density at radius 2 is 1.26 bits per heavy atom. The Bertz CT molecular complexity index is 1890. The lowest BCUT2D eigenvalue weighted by Crippen LogP contribution is -2.16. The van der Waals surface area contributed by atoms with Gasteiger partial charge >= 0.3 is 0 Å². The molecule has 0 radical (unpaired) electrons. The monoisotopic (exact) mass is 437 g/mol. The number of nitrogens with zero attached hydrogens (tertiary/aromatic N) is 3. The first-order valence-corrected chi connectivity index (χ1v) is 11.5. The van der Waals surface area contributed by atoms with E-state index < -0.39 is 6.23 Å². The minimum atomic E-state index is -0.785. The van der Waals surface area contributed by atoms with Crippen LogP contribution in [0.5, 0.6) is 0 Å². The highest BCUT2D eigenvalue weighted by molar-refractivity contribution is 6.12. The zero-order valence-corrected chi connectivity index (χ0v) is 18.2. The molecule has 8 rings (SSSR count). The fourth-order valence-corrected chi connectivity index (χ4v) is 5.82. The van der Waals surface area contributed by atoms with Gasteiger partial charge in [0.15, 0.2) is 6.23 Å². The molecule has 160 valence electrons. The molecule has 1 atom stereocenters. The van der Waals surface area contributed by atoms with E-state index in [9.17, 15) is 5.11 Å². The zero-order chi connectivity index (χ0) is 22.4. The second-order valence-electron chi connectivity index (χ2n) is 8.94. The van der Waals surface area contributed by atoms with Crippen molar-refractivity contribution in [2.45, 2.75) is 6.23 Å². The van der Waals surface area contributed by atoms with E-state index in [0.717, 1.165) is 44.4 Å². The molecule has 0 aliphatic carbocycles. The van der Waals surface area contributed by atoms with Crippen LogP contribution in [0.2, 0.25) is 0 Å². The quantitative estimate of drug-likeness (QED) is 0.307. The van der Waals surface area contributed by atoms with Crippen LogP contribution in [0.15, 0.2) is 103 Å². The Morgan fingerprint density at radius 1 is 0.618 bits per heavy atom. The molecule has 1 N–H and O–H groups in total. The van der Waals surface area contributed by atoms with Gasteiger partial charge < -0.3 is 9.67 Å². The number of hydrogen-bond donors (Lipinski definition) is 1. The first kappa shape index (κ1) is 18.1. The van der Waals surface area contributed by atoms with Crippen molar-refractivity contribution in [3.05, 3.63) is 109 Å². The number of aliphatic hydroxyl groups excluding tert-OH is 1. The van der Waals surface area contributed by atoms with Gasteiger partial charge in [-0.25, -0.2) is 4.98 Å². The van der Waals surface area contributed by atoms with Crippen LogP contribution in [0.4, 0.5) is 0 Å². The normalized spacial score (nSPS) is 14.9. The van der Waals surface area contributed by atoms with Crippen LogP contribution in [0.3, 0.4) is 0 Å². The third-order valence-electron chi connectivity index (χ3n) is 7.23. The minimum absolute atomic E-state index is 0.785. The number of benzene rings is 5. The third kappa shape index (κ3) is 2.13. The molecular formula is C30H19N3O. The molecule has 0 saturated carbocycles. The molecule has 7 aromatic rings. The molecule has 0 fully saturated rings. The van der Waals surface area contributed by atoms with E-state index in [1.807, 2.05) is 41.0 Å². The summed E-state index contributed by atoms with van der Waals surface area (Å²) in [4.78, 5) is 4.92. The summed E-state index contributed by atoms with van der Waals surface area (Å²) < 4.78 is 4.30. The van der Waals surface area contributed by atoms with Gasteiger partial charge in [0.2, 0.25) is 0 Å². The van der Waals surface area contributed by atoms with E-state index in [2.05, 4.69) is 71.3 Å². The van der Waals surface area contributed by atoms with E-state index in [1.165, 1.54) is 21.8 Å². The maximum Gasteiger partial charge on any atom is 0.159 e. The average Bonchev–Trinajstić information content (AvgIpc) is 3.44. The van der Waals surface area contributed by atoms with Gasteiger partial charge in [-0.15, -0.1) is 0 Å². The average molecular weight is 438 g/mol. The first-order valence-electron chi connectivity index (χ1n) is 11.5. The van der Waals surface area contributed by atoms with Crippen molar-refractivity contribution in [3.8, 4) is 17.1 Å². The first-order chi connectivity index (χ1) is 16.8. The number of imidazole rings is 1. The zero-order valence-electron chi connectivity index (χ0n) is 18.2. The third-order valence-corrected chi connectivity index (χ3v) is 7.23. The van der Waals surface area contributed by atoms with Gasteiger partial charge in [0.05, 0.1) is 27.8 Å². The molecule has 0 saturated heterocycles. The van der Waals surface area contributed by atoms with E-state index in [4.69, 9.17) is 4.98 Å².